The molecule has 0 aromatic heterocycles. The molecule has 4 aliphatic rings. The molecule has 0 aliphatic carbocycles. The maximum atomic E-state index is 10.3. The molecule has 4 atom stereocenters. The van der Waals surface area contributed by atoms with E-state index < -0.39 is 48.0 Å². The topological polar surface area (TPSA) is 285 Å². The van der Waals surface area contributed by atoms with Crippen LogP contribution in [0, 0.1) is 0 Å². The zero-order valence-corrected chi connectivity index (χ0v) is 20.7. The van der Waals surface area contributed by atoms with E-state index in [0.717, 1.165) is 0 Å². The van der Waals surface area contributed by atoms with E-state index in [4.69, 9.17) is 0 Å². The molecule has 200 valence electrons. The predicted octanol–water partition coefficient (Wildman–Crippen LogP) is -4.81. The molecule has 4 rings (SSSR count). The second-order valence-electron chi connectivity index (χ2n) is 7.59. The maximum absolute atomic E-state index is 10.3. The molecule has 0 radical (unpaired) electrons. The summed E-state index contributed by atoms with van der Waals surface area (Å²) < 4.78 is 0. The van der Waals surface area contributed by atoms with E-state index >= 15 is 0 Å². The summed E-state index contributed by atoms with van der Waals surface area (Å²) in [6.07, 6.45) is 2.22. The van der Waals surface area contributed by atoms with Crippen LogP contribution in [0.3, 0.4) is 0 Å². The Labute approximate surface area is 224 Å². The average molecular weight is 556 g/mol. The SMILES string of the molecule is O=C1CCC(C(=O)[O-])[N-]1.O=C1CCC(C(=O)[O-])[N-]1.O=C1CCC(C(=O)[O-])[N-]1.O=C1CCC(C(=O)[O-])[N-]1.[Ti+4]. The standard InChI is InChI=1S/4C5H7NO3.Ti/c4*7-4-2-1-3(6-4)5(8)9;/h4*3H,1-2H2,(H2,6,7,8,9);/q;;;;+4/p-8. The Morgan fingerprint density at radius 3 is 0.676 bits per heavy atom. The van der Waals surface area contributed by atoms with Gasteiger partial charge >= 0.3 is 21.7 Å². The van der Waals surface area contributed by atoms with Crippen molar-refractivity contribution in [2.45, 2.75) is 75.5 Å². The van der Waals surface area contributed by atoms with Gasteiger partial charge in [-0.2, -0.15) is 0 Å². The van der Waals surface area contributed by atoms with Crippen LogP contribution in [0.2, 0.25) is 0 Å². The third-order valence-electron chi connectivity index (χ3n) is 4.81. The summed E-state index contributed by atoms with van der Waals surface area (Å²) >= 11 is 0. The molecule has 0 bridgehead atoms. The molecule has 4 saturated heterocycles. The Morgan fingerprint density at radius 1 is 0.459 bits per heavy atom. The quantitative estimate of drug-likeness (QED) is 0.295. The van der Waals surface area contributed by atoms with Crippen molar-refractivity contribution in [1.82, 2.24) is 0 Å². The van der Waals surface area contributed by atoms with E-state index in [2.05, 4.69) is 21.3 Å². The van der Waals surface area contributed by atoms with Gasteiger partial charge < -0.3 is 80.0 Å². The average Bonchev–Trinajstić information content (AvgIpc) is 3.58. The Kier molecular flexibility index (Phi) is 14.7. The number of carbonyl (C=O) groups excluding carboxylic acids is 8. The number of amides is 4. The third kappa shape index (κ3) is 12.8. The Balaban J connectivity index is 0.000000463. The van der Waals surface area contributed by atoms with Gasteiger partial charge in [0.1, 0.15) is 0 Å². The molecule has 0 aromatic carbocycles. The first kappa shape index (κ1) is 33.5. The number of carbonyl (C=O) groups is 8. The van der Waals surface area contributed by atoms with Crippen LogP contribution in [-0.4, -0.2) is 71.7 Å². The molecule has 0 spiro atoms. The van der Waals surface area contributed by atoms with Gasteiger partial charge in [-0.05, 0) is 25.7 Å². The van der Waals surface area contributed by atoms with Crippen LogP contribution in [0.1, 0.15) is 51.4 Å². The Bertz CT molecular complexity index is 768. The van der Waals surface area contributed by atoms with Crippen molar-refractivity contribution in [3.63, 3.8) is 0 Å². The molecule has 4 amide bonds. The number of carboxylic acids is 4. The smallest absolute Gasteiger partial charge is 0.646 e. The largest absolute Gasteiger partial charge is 4.00 e. The van der Waals surface area contributed by atoms with Crippen LogP contribution >= 0.6 is 0 Å². The van der Waals surface area contributed by atoms with Gasteiger partial charge in [0.2, 0.25) is 0 Å². The first-order valence-electron chi connectivity index (χ1n) is 10.6. The minimum atomic E-state index is -1.25. The predicted molar refractivity (Wildman–Crippen MR) is 106 cm³/mol. The van der Waals surface area contributed by atoms with Crippen molar-refractivity contribution in [1.29, 1.82) is 0 Å². The van der Waals surface area contributed by atoms with Gasteiger partial charge in [0.15, 0.2) is 0 Å². The van der Waals surface area contributed by atoms with Crippen molar-refractivity contribution < 1.29 is 80.5 Å². The molecular formula is C20H20N4O12Ti-4. The van der Waals surface area contributed by atoms with Crippen molar-refractivity contribution in [3.05, 3.63) is 21.3 Å². The molecule has 4 heterocycles. The minimum absolute atomic E-state index is 0. The molecule has 17 heteroatoms. The fraction of sp³-hybridized carbons (Fsp3) is 0.600. The van der Waals surface area contributed by atoms with E-state index in [1.54, 1.807) is 0 Å². The number of hydrogen-bond acceptors (Lipinski definition) is 12. The molecule has 0 saturated carbocycles. The first-order valence-corrected chi connectivity index (χ1v) is 10.6. The van der Waals surface area contributed by atoms with Crippen molar-refractivity contribution >= 4 is 47.5 Å². The molecule has 4 unspecified atom stereocenters. The second kappa shape index (κ2) is 16.3. The molecule has 37 heavy (non-hydrogen) atoms. The fourth-order valence-corrected chi connectivity index (χ4v) is 2.93. The van der Waals surface area contributed by atoms with E-state index in [-0.39, 0.29) is 71.0 Å². The van der Waals surface area contributed by atoms with Gasteiger partial charge in [-0.3, -0.25) is 0 Å². The molecular weight excluding hydrogens is 536 g/mol. The van der Waals surface area contributed by atoms with Crippen LogP contribution in [0.4, 0.5) is 0 Å². The van der Waals surface area contributed by atoms with E-state index in [9.17, 15) is 58.8 Å². The normalized spacial score (nSPS) is 25.1. The van der Waals surface area contributed by atoms with Crippen LogP contribution in [0.25, 0.3) is 21.3 Å². The van der Waals surface area contributed by atoms with E-state index in [1.807, 2.05) is 0 Å². The molecule has 0 aromatic rings. The molecule has 0 N–H and O–H groups in total. The van der Waals surface area contributed by atoms with E-state index in [0.29, 0.717) is 25.7 Å². The summed E-state index contributed by atoms with van der Waals surface area (Å²) in [5.74, 6) is -6.31. The monoisotopic (exact) mass is 556 g/mol. The summed E-state index contributed by atoms with van der Waals surface area (Å²) in [6.45, 7) is 0. The summed E-state index contributed by atoms with van der Waals surface area (Å²) in [7, 11) is 0. The summed E-state index contributed by atoms with van der Waals surface area (Å²) in [5, 5.41) is 53.1. The van der Waals surface area contributed by atoms with Gasteiger partial charge in [-0.1, -0.05) is 49.9 Å². The fourth-order valence-electron chi connectivity index (χ4n) is 2.93. The third-order valence-corrected chi connectivity index (χ3v) is 4.81. The van der Waals surface area contributed by atoms with Gasteiger partial charge in [-0.15, -0.1) is 0 Å². The van der Waals surface area contributed by atoms with Gasteiger partial charge in [0.05, 0.1) is 23.6 Å². The number of nitrogens with zero attached hydrogens (tertiary/aromatic N) is 4. The Morgan fingerprint density at radius 2 is 0.622 bits per heavy atom. The van der Waals surface area contributed by atoms with Crippen LogP contribution in [0.15, 0.2) is 0 Å². The van der Waals surface area contributed by atoms with Gasteiger partial charge in [0.25, 0.3) is 0 Å². The summed E-state index contributed by atoms with van der Waals surface area (Å²) in [5.41, 5.74) is 0. The van der Waals surface area contributed by atoms with Crippen molar-refractivity contribution in [3.8, 4) is 0 Å². The number of hydrogen-bond donors (Lipinski definition) is 0. The number of carboxylic acid groups (broad SMARTS) is 4. The summed E-state index contributed by atoms with van der Waals surface area (Å²) in [4.78, 5) is 81.2. The second-order valence-corrected chi connectivity index (χ2v) is 7.59. The maximum Gasteiger partial charge on any atom is 4.00 e. The van der Waals surface area contributed by atoms with Crippen LogP contribution < -0.4 is 20.4 Å². The molecule has 4 fully saturated rings. The number of aliphatic carboxylic acids is 4. The number of rotatable bonds is 4. The van der Waals surface area contributed by atoms with Crippen molar-refractivity contribution in [2.24, 2.45) is 0 Å². The molecule has 16 nitrogen and oxygen atoms in total. The van der Waals surface area contributed by atoms with Gasteiger partial charge in [-0.25, -0.2) is 0 Å². The summed E-state index contributed by atoms with van der Waals surface area (Å²) in [6, 6.07) is -3.51. The zero-order chi connectivity index (χ0) is 27.4. The van der Waals surface area contributed by atoms with Crippen LogP contribution in [-0.2, 0) is 60.1 Å². The van der Waals surface area contributed by atoms with Crippen molar-refractivity contribution in [2.75, 3.05) is 0 Å². The van der Waals surface area contributed by atoms with Crippen LogP contribution in [0.5, 0.6) is 0 Å². The molecule has 4 aliphatic heterocycles. The Hall–Kier alpha value is -3.53. The van der Waals surface area contributed by atoms with E-state index in [1.165, 1.54) is 0 Å². The van der Waals surface area contributed by atoms with Gasteiger partial charge in [0, 0.05) is 23.9 Å². The first-order chi connectivity index (χ1) is 16.8. The zero-order valence-electron chi connectivity index (χ0n) is 19.2. The minimum Gasteiger partial charge on any atom is -0.646 e.